The van der Waals surface area contributed by atoms with Crippen molar-refractivity contribution in [2.45, 2.75) is 0 Å². The fourth-order valence-corrected chi connectivity index (χ4v) is 1.25. The number of carbonyl (C=O) groups is 1. The summed E-state index contributed by atoms with van der Waals surface area (Å²) >= 11 is 3.07. The van der Waals surface area contributed by atoms with Crippen LogP contribution in [-0.4, -0.2) is 29.5 Å². The number of nitrogens with one attached hydrogen (secondary N) is 1. The molecule has 0 aliphatic rings. The van der Waals surface area contributed by atoms with Gasteiger partial charge in [0.15, 0.2) is 0 Å². The largest absolute Gasteiger partial charge is 0.468 e. The van der Waals surface area contributed by atoms with Crippen LogP contribution in [-0.2, 0) is 9.53 Å². The van der Waals surface area contributed by atoms with Crippen LogP contribution in [0.2, 0.25) is 0 Å². The standard InChI is InChI=1S/C8H8BrN3O4/c1-16-7(13)4-11-8-6(12(14)15)2-5(9)3-10-8/h2-3H,4H2,1H3,(H,10,11). The van der Waals surface area contributed by atoms with E-state index >= 15 is 0 Å². The minimum absolute atomic E-state index is 0.0265. The molecule has 0 spiro atoms. The van der Waals surface area contributed by atoms with E-state index in [4.69, 9.17) is 0 Å². The second kappa shape index (κ2) is 5.40. The van der Waals surface area contributed by atoms with Gasteiger partial charge in [0.1, 0.15) is 6.54 Å². The Kier molecular flexibility index (Phi) is 4.18. The lowest BCUT2D eigenvalue weighted by Crippen LogP contribution is -2.16. The molecule has 0 radical (unpaired) electrons. The monoisotopic (exact) mass is 289 g/mol. The Morgan fingerprint density at radius 2 is 2.44 bits per heavy atom. The summed E-state index contributed by atoms with van der Waals surface area (Å²) in [5.74, 6) is -0.502. The first kappa shape index (κ1) is 12.4. The maximum atomic E-state index is 10.8. The number of methoxy groups -OCH3 is 1. The van der Waals surface area contributed by atoms with E-state index in [0.29, 0.717) is 4.47 Å². The number of nitrogens with zero attached hydrogens (tertiary/aromatic N) is 2. The highest BCUT2D eigenvalue weighted by Crippen LogP contribution is 2.24. The highest BCUT2D eigenvalue weighted by Gasteiger charge is 2.16. The number of halogens is 1. The Labute approximate surface area is 99.1 Å². The van der Waals surface area contributed by atoms with Crippen molar-refractivity contribution in [1.82, 2.24) is 4.98 Å². The van der Waals surface area contributed by atoms with E-state index in [1.165, 1.54) is 19.4 Å². The number of anilines is 1. The van der Waals surface area contributed by atoms with Gasteiger partial charge in [0.2, 0.25) is 5.82 Å². The van der Waals surface area contributed by atoms with Gasteiger partial charge in [-0.3, -0.25) is 14.9 Å². The number of ether oxygens (including phenoxy) is 1. The summed E-state index contributed by atoms with van der Waals surface area (Å²) in [5.41, 5.74) is -0.210. The number of rotatable bonds is 4. The molecule has 0 fully saturated rings. The Morgan fingerprint density at radius 3 is 3.00 bits per heavy atom. The zero-order valence-electron chi connectivity index (χ0n) is 8.27. The van der Waals surface area contributed by atoms with Crippen molar-refractivity contribution < 1.29 is 14.5 Å². The predicted molar refractivity (Wildman–Crippen MR) is 59.1 cm³/mol. The van der Waals surface area contributed by atoms with Crippen LogP contribution in [0.4, 0.5) is 11.5 Å². The highest BCUT2D eigenvalue weighted by atomic mass is 79.9. The van der Waals surface area contributed by atoms with Gasteiger partial charge >= 0.3 is 11.7 Å². The average Bonchev–Trinajstić information content (AvgIpc) is 2.26. The summed E-state index contributed by atoms with van der Waals surface area (Å²) < 4.78 is 4.88. The van der Waals surface area contributed by atoms with E-state index in [0.717, 1.165) is 0 Å². The molecule has 0 aliphatic heterocycles. The molecule has 0 unspecified atom stereocenters. The zero-order valence-corrected chi connectivity index (χ0v) is 9.85. The second-order valence-corrected chi connectivity index (χ2v) is 3.62. The van der Waals surface area contributed by atoms with Gasteiger partial charge < -0.3 is 10.1 Å². The van der Waals surface area contributed by atoms with E-state index in [-0.39, 0.29) is 18.1 Å². The summed E-state index contributed by atoms with van der Waals surface area (Å²) in [5, 5.41) is 13.2. The fraction of sp³-hybridized carbons (Fsp3) is 0.250. The molecule has 0 saturated heterocycles. The zero-order chi connectivity index (χ0) is 12.1. The fourth-order valence-electron chi connectivity index (χ4n) is 0.932. The van der Waals surface area contributed by atoms with Crippen LogP contribution >= 0.6 is 15.9 Å². The van der Waals surface area contributed by atoms with Crippen LogP contribution in [0.15, 0.2) is 16.7 Å². The van der Waals surface area contributed by atoms with Crippen molar-refractivity contribution in [2.75, 3.05) is 19.0 Å². The molecule has 7 nitrogen and oxygen atoms in total. The van der Waals surface area contributed by atoms with Crippen molar-refractivity contribution in [3.63, 3.8) is 0 Å². The van der Waals surface area contributed by atoms with Crippen LogP contribution in [0.1, 0.15) is 0 Å². The maximum Gasteiger partial charge on any atom is 0.325 e. The molecule has 0 amide bonds. The van der Waals surface area contributed by atoms with Crippen LogP contribution in [0.25, 0.3) is 0 Å². The second-order valence-electron chi connectivity index (χ2n) is 2.71. The third kappa shape index (κ3) is 3.16. The number of carbonyl (C=O) groups excluding carboxylic acids is 1. The summed E-state index contributed by atoms with van der Waals surface area (Å²) in [7, 11) is 1.23. The minimum Gasteiger partial charge on any atom is -0.468 e. The number of aromatic nitrogens is 1. The lowest BCUT2D eigenvalue weighted by Gasteiger charge is -2.04. The Morgan fingerprint density at radius 1 is 1.75 bits per heavy atom. The van der Waals surface area contributed by atoms with Crippen molar-refractivity contribution >= 4 is 33.4 Å². The smallest absolute Gasteiger partial charge is 0.325 e. The Bertz CT molecular complexity index is 424. The molecule has 16 heavy (non-hydrogen) atoms. The quantitative estimate of drug-likeness (QED) is 0.511. The van der Waals surface area contributed by atoms with E-state index in [9.17, 15) is 14.9 Å². The molecular weight excluding hydrogens is 282 g/mol. The molecule has 0 aliphatic carbocycles. The van der Waals surface area contributed by atoms with E-state index in [1.807, 2.05) is 0 Å². The van der Waals surface area contributed by atoms with Crippen LogP contribution in [0, 0.1) is 10.1 Å². The first-order valence-electron chi connectivity index (χ1n) is 4.15. The normalized spacial score (nSPS) is 9.62. The van der Waals surface area contributed by atoms with Crippen molar-refractivity contribution in [3.05, 3.63) is 26.9 Å². The molecule has 8 heteroatoms. The molecule has 1 N–H and O–H groups in total. The summed E-state index contributed by atoms with van der Waals surface area (Å²) in [6.07, 6.45) is 1.40. The molecular formula is C8H8BrN3O4. The van der Waals surface area contributed by atoms with E-state index < -0.39 is 10.9 Å². The molecule has 1 rings (SSSR count). The number of hydrogen-bond donors (Lipinski definition) is 1. The lowest BCUT2D eigenvalue weighted by molar-refractivity contribution is -0.384. The van der Waals surface area contributed by atoms with Gasteiger partial charge in [0.05, 0.1) is 12.0 Å². The van der Waals surface area contributed by atoms with Crippen LogP contribution in [0.3, 0.4) is 0 Å². The molecule has 1 heterocycles. The maximum absolute atomic E-state index is 10.8. The topological polar surface area (TPSA) is 94.4 Å². The molecule has 1 aromatic rings. The van der Waals surface area contributed by atoms with Gasteiger partial charge in [0, 0.05) is 16.7 Å². The molecule has 0 saturated carbocycles. The number of esters is 1. The molecule has 86 valence electrons. The van der Waals surface area contributed by atoms with Gasteiger partial charge in [-0.25, -0.2) is 4.98 Å². The first-order chi connectivity index (χ1) is 7.54. The Balaban J connectivity index is 2.87. The first-order valence-corrected chi connectivity index (χ1v) is 4.94. The summed E-state index contributed by atoms with van der Waals surface area (Å²) in [6, 6.07) is 1.30. The molecule has 1 aromatic heterocycles. The van der Waals surface area contributed by atoms with Gasteiger partial charge in [-0.05, 0) is 15.9 Å². The Hall–Kier alpha value is -1.70. The van der Waals surface area contributed by atoms with Gasteiger partial charge in [-0.15, -0.1) is 0 Å². The molecule has 0 bridgehead atoms. The van der Waals surface area contributed by atoms with Crippen molar-refractivity contribution in [3.8, 4) is 0 Å². The minimum atomic E-state index is -0.586. The number of pyridine rings is 1. The van der Waals surface area contributed by atoms with Gasteiger partial charge in [-0.1, -0.05) is 0 Å². The molecule has 0 atom stereocenters. The lowest BCUT2D eigenvalue weighted by atomic mass is 10.4. The summed E-state index contributed by atoms with van der Waals surface area (Å²) in [4.78, 5) is 24.7. The van der Waals surface area contributed by atoms with Gasteiger partial charge in [-0.2, -0.15) is 0 Å². The number of hydrogen-bond acceptors (Lipinski definition) is 6. The highest BCUT2D eigenvalue weighted by molar-refractivity contribution is 9.10. The van der Waals surface area contributed by atoms with Gasteiger partial charge in [0.25, 0.3) is 0 Å². The number of nitro groups is 1. The van der Waals surface area contributed by atoms with Crippen molar-refractivity contribution in [2.24, 2.45) is 0 Å². The van der Waals surface area contributed by atoms with Crippen LogP contribution in [0.5, 0.6) is 0 Å². The SMILES string of the molecule is COC(=O)CNc1ncc(Br)cc1[N+](=O)[O-]. The third-order valence-corrected chi connectivity index (χ3v) is 2.09. The van der Waals surface area contributed by atoms with E-state index in [2.05, 4.69) is 31.0 Å². The van der Waals surface area contributed by atoms with E-state index in [1.54, 1.807) is 0 Å². The third-order valence-electron chi connectivity index (χ3n) is 1.66. The average molecular weight is 290 g/mol. The molecule has 0 aromatic carbocycles. The van der Waals surface area contributed by atoms with Crippen molar-refractivity contribution in [1.29, 1.82) is 0 Å². The van der Waals surface area contributed by atoms with Crippen LogP contribution < -0.4 is 5.32 Å². The predicted octanol–water partition coefficient (Wildman–Crippen LogP) is 1.34. The summed E-state index contributed by atoms with van der Waals surface area (Å²) in [6.45, 7) is -0.175.